The summed E-state index contributed by atoms with van der Waals surface area (Å²) in [6.07, 6.45) is 7.07. The summed E-state index contributed by atoms with van der Waals surface area (Å²) in [5.41, 5.74) is 1.19. The number of aromatic nitrogens is 1. The summed E-state index contributed by atoms with van der Waals surface area (Å²) in [6, 6.07) is 8.26. The van der Waals surface area contributed by atoms with E-state index in [0.29, 0.717) is 44.3 Å². The molecule has 9 heteroatoms. The molecule has 4 rings (SSSR count). The van der Waals surface area contributed by atoms with E-state index in [2.05, 4.69) is 4.98 Å². The summed E-state index contributed by atoms with van der Waals surface area (Å²) in [7, 11) is -3.79. The maximum Gasteiger partial charge on any atom is 0.254 e. The first-order valence-electron chi connectivity index (χ1n) is 11.4. The average Bonchev–Trinajstić information content (AvgIpc) is 3.32. The monoisotopic (exact) mass is 491 g/mol. The summed E-state index contributed by atoms with van der Waals surface area (Å²) in [6.45, 7) is 4.46. The molecule has 2 aliphatic rings. The number of hydrogen-bond donors (Lipinski definition) is 0. The summed E-state index contributed by atoms with van der Waals surface area (Å²) < 4.78 is 34.0. The standard InChI is InChI=1S/C24H30ClN3O4S/c1-18-5-3-11-28(15-18)33(30,31)23-13-20(8-9-22(23)25)24(29)27(17-21-7-4-12-32-21)16-19-6-2-10-26-14-19/h2,6,8-10,13-14,18,21H,3-5,7,11-12,15-17H2,1H3. The van der Waals surface area contributed by atoms with Crippen LogP contribution < -0.4 is 0 Å². The van der Waals surface area contributed by atoms with Gasteiger partial charge in [0.25, 0.3) is 5.91 Å². The summed E-state index contributed by atoms with van der Waals surface area (Å²) in [5, 5.41) is 0.128. The third-order valence-corrected chi connectivity index (χ3v) is 8.59. The maximum absolute atomic E-state index is 13.6. The minimum atomic E-state index is -3.79. The van der Waals surface area contributed by atoms with Crippen LogP contribution in [0.3, 0.4) is 0 Å². The highest BCUT2D eigenvalue weighted by Crippen LogP contribution is 2.30. The van der Waals surface area contributed by atoms with E-state index in [-0.39, 0.29) is 21.9 Å². The minimum absolute atomic E-state index is 0.0115. The summed E-state index contributed by atoms with van der Waals surface area (Å²) >= 11 is 6.33. The third-order valence-electron chi connectivity index (χ3n) is 6.25. The summed E-state index contributed by atoms with van der Waals surface area (Å²) in [4.78, 5) is 19.4. The first kappa shape index (κ1) is 24.1. The average molecular weight is 492 g/mol. The van der Waals surface area contributed by atoms with Crippen molar-refractivity contribution in [3.63, 3.8) is 0 Å². The molecule has 2 fully saturated rings. The predicted octanol–water partition coefficient (Wildman–Crippen LogP) is 3.98. The van der Waals surface area contributed by atoms with Gasteiger partial charge in [-0.3, -0.25) is 9.78 Å². The fourth-order valence-corrected chi connectivity index (χ4v) is 6.58. The number of halogens is 1. The Morgan fingerprint density at radius 1 is 1.27 bits per heavy atom. The molecule has 0 N–H and O–H groups in total. The van der Waals surface area contributed by atoms with Crippen molar-refractivity contribution < 1.29 is 17.9 Å². The number of sulfonamides is 1. The number of ether oxygens (including phenoxy) is 1. The number of carbonyl (C=O) groups is 1. The lowest BCUT2D eigenvalue weighted by atomic mass is 10.0. The minimum Gasteiger partial charge on any atom is -0.376 e. The van der Waals surface area contributed by atoms with Gasteiger partial charge in [-0.15, -0.1) is 0 Å². The van der Waals surface area contributed by atoms with Crippen LogP contribution in [0.1, 0.15) is 48.5 Å². The molecule has 7 nitrogen and oxygen atoms in total. The maximum atomic E-state index is 13.6. The first-order valence-corrected chi connectivity index (χ1v) is 13.3. The van der Waals surface area contributed by atoms with E-state index in [1.54, 1.807) is 23.4 Å². The van der Waals surface area contributed by atoms with Crippen LogP contribution in [-0.2, 0) is 21.3 Å². The van der Waals surface area contributed by atoms with Crippen LogP contribution in [0.4, 0.5) is 0 Å². The molecule has 0 radical (unpaired) electrons. The van der Waals surface area contributed by atoms with Crippen LogP contribution in [0.25, 0.3) is 0 Å². The van der Waals surface area contributed by atoms with E-state index < -0.39 is 10.0 Å². The zero-order chi connectivity index (χ0) is 23.4. The van der Waals surface area contributed by atoms with E-state index in [1.165, 1.54) is 16.4 Å². The highest BCUT2D eigenvalue weighted by molar-refractivity contribution is 7.89. The molecular weight excluding hydrogens is 462 g/mol. The van der Waals surface area contributed by atoms with Crippen molar-refractivity contribution in [2.75, 3.05) is 26.2 Å². The number of rotatable bonds is 7. The lowest BCUT2D eigenvalue weighted by Crippen LogP contribution is -2.39. The third kappa shape index (κ3) is 5.74. The quantitative estimate of drug-likeness (QED) is 0.585. The summed E-state index contributed by atoms with van der Waals surface area (Å²) in [5.74, 6) is 0.0352. The molecule has 1 aromatic heterocycles. The Labute approximate surface area is 200 Å². The van der Waals surface area contributed by atoms with Crippen molar-refractivity contribution in [2.45, 2.75) is 50.2 Å². The molecule has 33 heavy (non-hydrogen) atoms. The fraction of sp³-hybridized carbons (Fsp3) is 0.500. The van der Waals surface area contributed by atoms with Gasteiger partial charge in [-0.05, 0) is 61.4 Å². The second-order valence-electron chi connectivity index (χ2n) is 8.94. The van der Waals surface area contributed by atoms with Crippen molar-refractivity contribution in [3.8, 4) is 0 Å². The number of nitrogens with zero attached hydrogens (tertiary/aromatic N) is 3. The number of hydrogen-bond acceptors (Lipinski definition) is 5. The van der Waals surface area contributed by atoms with Crippen LogP contribution in [0.2, 0.25) is 5.02 Å². The number of carbonyl (C=O) groups excluding carboxylic acids is 1. The topological polar surface area (TPSA) is 79.8 Å². The van der Waals surface area contributed by atoms with Crippen LogP contribution >= 0.6 is 11.6 Å². The van der Waals surface area contributed by atoms with Gasteiger partial charge >= 0.3 is 0 Å². The normalized spacial score (nSPS) is 21.8. The molecule has 3 heterocycles. The van der Waals surface area contributed by atoms with E-state index in [0.717, 1.165) is 31.2 Å². The largest absolute Gasteiger partial charge is 0.376 e. The second kappa shape index (κ2) is 10.5. The van der Waals surface area contributed by atoms with Gasteiger partial charge in [-0.25, -0.2) is 8.42 Å². The molecule has 0 aliphatic carbocycles. The zero-order valence-electron chi connectivity index (χ0n) is 18.8. The number of benzene rings is 1. The van der Waals surface area contributed by atoms with Gasteiger partial charge in [-0.2, -0.15) is 4.31 Å². The van der Waals surface area contributed by atoms with E-state index in [4.69, 9.17) is 16.3 Å². The Morgan fingerprint density at radius 3 is 2.82 bits per heavy atom. The van der Waals surface area contributed by atoms with Gasteiger partial charge in [0.2, 0.25) is 10.0 Å². The van der Waals surface area contributed by atoms with Crippen LogP contribution in [0.15, 0.2) is 47.6 Å². The lowest BCUT2D eigenvalue weighted by molar-refractivity contribution is 0.0507. The van der Waals surface area contributed by atoms with Crippen LogP contribution in [0.5, 0.6) is 0 Å². The Kier molecular flexibility index (Phi) is 7.69. The van der Waals surface area contributed by atoms with Crippen molar-refractivity contribution in [3.05, 3.63) is 58.9 Å². The molecule has 1 amide bonds. The van der Waals surface area contributed by atoms with Gasteiger partial charge in [0.1, 0.15) is 4.90 Å². The number of piperidine rings is 1. The van der Waals surface area contributed by atoms with Gasteiger partial charge in [0, 0.05) is 50.7 Å². The van der Waals surface area contributed by atoms with E-state index >= 15 is 0 Å². The van der Waals surface area contributed by atoms with Crippen molar-refractivity contribution in [1.82, 2.24) is 14.2 Å². The molecule has 2 saturated heterocycles. The van der Waals surface area contributed by atoms with Crippen molar-refractivity contribution in [2.24, 2.45) is 5.92 Å². The van der Waals surface area contributed by atoms with Gasteiger partial charge in [0.15, 0.2) is 0 Å². The molecule has 2 unspecified atom stereocenters. The van der Waals surface area contributed by atoms with Gasteiger partial charge in [-0.1, -0.05) is 24.6 Å². The molecule has 0 saturated carbocycles. The first-order chi connectivity index (χ1) is 15.8. The SMILES string of the molecule is CC1CCCN(S(=O)(=O)c2cc(C(=O)N(Cc3cccnc3)CC3CCCO3)ccc2Cl)C1. The Balaban J connectivity index is 1.62. The van der Waals surface area contributed by atoms with Crippen LogP contribution in [-0.4, -0.2) is 60.9 Å². The number of amides is 1. The smallest absolute Gasteiger partial charge is 0.254 e. The second-order valence-corrected chi connectivity index (χ2v) is 11.3. The Morgan fingerprint density at radius 2 is 2.12 bits per heavy atom. The molecular formula is C24H30ClN3O4S. The molecule has 2 aromatic rings. The fourth-order valence-electron chi connectivity index (χ4n) is 4.49. The molecule has 2 aliphatic heterocycles. The zero-order valence-corrected chi connectivity index (χ0v) is 20.4. The molecule has 0 bridgehead atoms. The highest BCUT2D eigenvalue weighted by atomic mass is 35.5. The predicted molar refractivity (Wildman–Crippen MR) is 127 cm³/mol. The molecule has 0 spiro atoms. The Hall–Kier alpha value is -2.00. The van der Waals surface area contributed by atoms with E-state index in [9.17, 15) is 13.2 Å². The van der Waals surface area contributed by atoms with Gasteiger partial charge < -0.3 is 9.64 Å². The lowest BCUT2D eigenvalue weighted by Gasteiger charge is -2.30. The van der Waals surface area contributed by atoms with Gasteiger partial charge in [0.05, 0.1) is 11.1 Å². The number of pyridine rings is 1. The molecule has 178 valence electrons. The van der Waals surface area contributed by atoms with Crippen LogP contribution in [0, 0.1) is 5.92 Å². The van der Waals surface area contributed by atoms with Crippen molar-refractivity contribution in [1.29, 1.82) is 0 Å². The van der Waals surface area contributed by atoms with Crippen molar-refractivity contribution >= 4 is 27.5 Å². The Bertz CT molecular complexity index is 1070. The molecule has 1 aromatic carbocycles. The van der Waals surface area contributed by atoms with E-state index in [1.807, 2.05) is 19.1 Å². The molecule has 2 atom stereocenters. The highest BCUT2D eigenvalue weighted by Gasteiger charge is 2.32.